The van der Waals surface area contributed by atoms with Crippen LogP contribution in [0.1, 0.15) is 11.1 Å². The van der Waals surface area contributed by atoms with Gasteiger partial charge in [0.2, 0.25) is 0 Å². The lowest BCUT2D eigenvalue weighted by atomic mass is 10.0. The summed E-state index contributed by atoms with van der Waals surface area (Å²) in [6.07, 6.45) is -0.203. The monoisotopic (exact) mass is 254 g/mol. The maximum Gasteiger partial charge on any atom is 0.573 e. The van der Waals surface area contributed by atoms with Crippen LogP contribution in [0.25, 0.3) is 5.57 Å². The molecular formula is C14H13F3O. The lowest BCUT2D eigenvalue weighted by Crippen LogP contribution is -2.18. The minimum absolute atomic E-state index is 0.249. The molecule has 0 heterocycles. The molecule has 0 aliphatic heterocycles. The molecule has 0 aliphatic rings. The largest absolute Gasteiger partial charge is 0.573 e. The molecule has 0 aliphatic carbocycles. The first-order chi connectivity index (χ1) is 8.37. The predicted molar refractivity (Wildman–Crippen MR) is 66.2 cm³/mol. The average Bonchev–Trinajstić information content (AvgIpc) is 2.27. The summed E-state index contributed by atoms with van der Waals surface area (Å²) in [6.45, 7) is 8.87. The molecule has 0 spiro atoms. The van der Waals surface area contributed by atoms with Crippen molar-refractivity contribution in [1.82, 2.24) is 0 Å². The Morgan fingerprint density at radius 3 is 2.44 bits per heavy atom. The third-order valence-corrected chi connectivity index (χ3v) is 2.19. The molecule has 0 bridgehead atoms. The molecule has 0 fully saturated rings. The van der Waals surface area contributed by atoms with Crippen molar-refractivity contribution in [2.45, 2.75) is 13.3 Å². The molecule has 1 aromatic carbocycles. The Balaban J connectivity index is 3.31. The van der Waals surface area contributed by atoms with Crippen LogP contribution in [0.5, 0.6) is 5.75 Å². The molecular weight excluding hydrogens is 241 g/mol. The maximum atomic E-state index is 12.3. The fraction of sp³-hybridized carbons (Fsp3) is 0.143. The molecule has 0 N–H and O–H groups in total. The van der Waals surface area contributed by atoms with Crippen LogP contribution in [0.3, 0.4) is 0 Å². The van der Waals surface area contributed by atoms with Gasteiger partial charge in [-0.3, -0.25) is 0 Å². The number of alkyl halides is 3. The Morgan fingerprint density at radius 1 is 1.28 bits per heavy atom. The van der Waals surface area contributed by atoms with E-state index in [0.717, 1.165) is 5.56 Å². The Bertz CT molecular complexity index is 484. The fourth-order valence-corrected chi connectivity index (χ4v) is 1.48. The van der Waals surface area contributed by atoms with Crippen LogP contribution in [-0.2, 0) is 0 Å². The first-order valence-corrected chi connectivity index (χ1v) is 5.19. The van der Waals surface area contributed by atoms with Crippen molar-refractivity contribution < 1.29 is 17.9 Å². The number of hydrogen-bond acceptors (Lipinski definition) is 1. The molecule has 0 radical (unpaired) electrons. The third-order valence-electron chi connectivity index (χ3n) is 2.19. The van der Waals surface area contributed by atoms with Crippen LogP contribution in [0.4, 0.5) is 13.2 Å². The van der Waals surface area contributed by atoms with Gasteiger partial charge in [-0.15, -0.1) is 13.2 Å². The number of aryl methyl sites for hydroxylation is 1. The summed E-state index contributed by atoms with van der Waals surface area (Å²) >= 11 is 0. The minimum Gasteiger partial charge on any atom is -0.405 e. The normalized spacial score (nSPS) is 12.1. The highest BCUT2D eigenvalue weighted by molar-refractivity contribution is 5.78. The number of halogens is 3. The molecule has 96 valence electrons. The Morgan fingerprint density at radius 2 is 1.94 bits per heavy atom. The third kappa shape index (κ3) is 3.80. The number of hydrogen-bond donors (Lipinski definition) is 0. The summed E-state index contributed by atoms with van der Waals surface area (Å²) in [5.41, 5.74) is 1.69. The van der Waals surface area contributed by atoms with Gasteiger partial charge in [0.1, 0.15) is 5.75 Å². The van der Waals surface area contributed by atoms with Gasteiger partial charge in [-0.2, -0.15) is 0 Å². The summed E-state index contributed by atoms with van der Waals surface area (Å²) < 4.78 is 40.9. The van der Waals surface area contributed by atoms with Crippen molar-refractivity contribution in [1.29, 1.82) is 0 Å². The molecule has 0 atom stereocenters. The van der Waals surface area contributed by atoms with Gasteiger partial charge in [-0.05, 0) is 24.6 Å². The Labute approximate surface area is 104 Å². The zero-order valence-corrected chi connectivity index (χ0v) is 9.92. The molecule has 1 nitrogen and oxygen atoms in total. The smallest absolute Gasteiger partial charge is 0.405 e. The lowest BCUT2D eigenvalue weighted by molar-refractivity contribution is -0.274. The molecule has 0 saturated heterocycles. The van der Waals surface area contributed by atoms with Crippen LogP contribution in [0.15, 0.2) is 49.6 Å². The van der Waals surface area contributed by atoms with Crippen LogP contribution in [-0.4, -0.2) is 6.36 Å². The molecule has 1 rings (SSSR count). The van der Waals surface area contributed by atoms with E-state index in [1.807, 2.05) is 0 Å². The first kappa shape index (κ1) is 14.1. The first-order valence-electron chi connectivity index (χ1n) is 5.19. The van der Waals surface area contributed by atoms with Crippen LogP contribution < -0.4 is 4.74 Å². The van der Waals surface area contributed by atoms with Crippen molar-refractivity contribution >= 4 is 5.57 Å². The van der Waals surface area contributed by atoms with Crippen LogP contribution in [0, 0.1) is 6.92 Å². The summed E-state index contributed by atoms with van der Waals surface area (Å²) in [5.74, 6) is -0.249. The van der Waals surface area contributed by atoms with E-state index >= 15 is 0 Å². The van der Waals surface area contributed by atoms with Gasteiger partial charge in [0.25, 0.3) is 0 Å². The standard InChI is InChI=1S/C14H13F3O/c1-4-6-11(5-2)12-9-10(3)7-8-13(12)18-14(15,16)17/h4-9H,1-2H2,3H3/b11-6+. The average molecular weight is 254 g/mol. The number of benzene rings is 1. The number of rotatable bonds is 4. The quantitative estimate of drug-likeness (QED) is 0.711. The minimum atomic E-state index is -4.72. The summed E-state index contributed by atoms with van der Waals surface area (Å²) in [4.78, 5) is 0. The second-order valence-electron chi connectivity index (χ2n) is 3.61. The highest BCUT2D eigenvalue weighted by atomic mass is 19.4. The van der Waals surface area contributed by atoms with E-state index in [-0.39, 0.29) is 5.75 Å². The van der Waals surface area contributed by atoms with E-state index in [2.05, 4.69) is 17.9 Å². The van der Waals surface area contributed by atoms with E-state index in [1.165, 1.54) is 18.2 Å². The van der Waals surface area contributed by atoms with E-state index in [0.29, 0.717) is 11.1 Å². The van der Waals surface area contributed by atoms with E-state index < -0.39 is 6.36 Å². The van der Waals surface area contributed by atoms with Gasteiger partial charge in [0, 0.05) is 5.56 Å². The topological polar surface area (TPSA) is 9.23 Å². The fourth-order valence-electron chi connectivity index (χ4n) is 1.48. The molecule has 4 heteroatoms. The maximum absolute atomic E-state index is 12.3. The number of ether oxygens (including phenoxy) is 1. The van der Waals surface area contributed by atoms with Gasteiger partial charge >= 0.3 is 6.36 Å². The summed E-state index contributed by atoms with van der Waals surface area (Å²) in [7, 11) is 0. The molecule has 0 unspecified atom stereocenters. The lowest BCUT2D eigenvalue weighted by Gasteiger charge is -2.14. The predicted octanol–water partition coefficient (Wildman–Crippen LogP) is 4.65. The highest BCUT2D eigenvalue weighted by Crippen LogP contribution is 2.32. The summed E-state index contributed by atoms with van der Waals surface area (Å²) in [6, 6.07) is 4.45. The zero-order valence-electron chi connectivity index (χ0n) is 9.92. The van der Waals surface area contributed by atoms with Crippen molar-refractivity contribution in [3.63, 3.8) is 0 Å². The van der Waals surface area contributed by atoms with Crippen molar-refractivity contribution in [3.8, 4) is 5.75 Å². The molecule has 0 saturated carbocycles. The van der Waals surface area contributed by atoms with E-state index in [9.17, 15) is 13.2 Å². The molecule has 0 amide bonds. The Hall–Kier alpha value is -1.97. The molecule has 18 heavy (non-hydrogen) atoms. The second-order valence-corrected chi connectivity index (χ2v) is 3.61. The van der Waals surface area contributed by atoms with E-state index in [1.54, 1.807) is 25.1 Å². The van der Waals surface area contributed by atoms with Crippen molar-refractivity contribution in [2.75, 3.05) is 0 Å². The van der Waals surface area contributed by atoms with Gasteiger partial charge in [-0.25, -0.2) is 0 Å². The van der Waals surface area contributed by atoms with Gasteiger partial charge in [0.05, 0.1) is 0 Å². The Kier molecular flexibility index (Phi) is 4.37. The van der Waals surface area contributed by atoms with Gasteiger partial charge in [0.15, 0.2) is 0 Å². The molecule has 1 aromatic rings. The van der Waals surface area contributed by atoms with E-state index in [4.69, 9.17) is 0 Å². The zero-order chi connectivity index (χ0) is 13.8. The summed E-state index contributed by atoms with van der Waals surface area (Å²) in [5, 5.41) is 0. The van der Waals surface area contributed by atoms with Gasteiger partial charge < -0.3 is 4.74 Å². The molecule has 0 aromatic heterocycles. The second kappa shape index (κ2) is 5.58. The SMILES string of the molecule is C=C/C=C(\C=C)c1cc(C)ccc1OC(F)(F)F. The van der Waals surface area contributed by atoms with Crippen molar-refractivity contribution in [2.24, 2.45) is 0 Å². The van der Waals surface area contributed by atoms with Crippen LogP contribution in [0.2, 0.25) is 0 Å². The van der Waals surface area contributed by atoms with Gasteiger partial charge in [-0.1, -0.05) is 43.0 Å². The highest BCUT2D eigenvalue weighted by Gasteiger charge is 2.32. The number of allylic oxidation sites excluding steroid dienone is 4. The van der Waals surface area contributed by atoms with Crippen molar-refractivity contribution in [3.05, 3.63) is 60.7 Å². The van der Waals surface area contributed by atoms with Crippen LogP contribution >= 0.6 is 0 Å².